The first-order valence-corrected chi connectivity index (χ1v) is 13.7. The lowest BCUT2D eigenvalue weighted by atomic mass is 9.92. The number of aliphatic hydroxyl groups is 1. The summed E-state index contributed by atoms with van der Waals surface area (Å²) in [5.41, 5.74) is 3.45. The molecule has 2 fully saturated rings. The van der Waals surface area contributed by atoms with Crippen LogP contribution in [0.5, 0.6) is 5.75 Å². The second-order valence-electron chi connectivity index (χ2n) is 10.4. The van der Waals surface area contributed by atoms with Gasteiger partial charge in [0.15, 0.2) is 0 Å². The number of amides is 1. The Balaban J connectivity index is 1.68. The topological polar surface area (TPSA) is 79.3 Å². The van der Waals surface area contributed by atoms with Gasteiger partial charge in [0.1, 0.15) is 11.5 Å². The van der Waals surface area contributed by atoms with E-state index in [0.717, 1.165) is 43.6 Å². The van der Waals surface area contributed by atoms with Crippen molar-refractivity contribution in [2.24, 2.45) is 0 Å². The number of carbonyl (C=O) groups excluding carboxylic acids is 2. The zero-order valence-electron chi connectivity index (χ0n) is 23.0. The van der Waals surface area contributed by atoms with Crippen molar-refractivity contribution in [3.63, 3.8) is 0 Å². The van der Waals surface area contributed by atoms with E-state index < -0.39 is 17.7 Å². The van der Waals surface area contributed by atoms with Crippen LogP contribution in [-0.2, 0) is 14.3 Å². The third kappa shape index (κ3) is 6.11. The van der Waals surface area contributed by atoms with Gasteiger partial charge in [-0.1, -0.05) is 45.0 Å². The molecule has 1 atom stereocenters. The van der Waals surface area contributed by atoms with Gasteiger partial charge in [-0.05, 0) is 60.6 Å². The second-order valence-corrected chi connectivity index (χ2v) is 10.4. The van der Waals surface area contributed by atoms with Crippen LogP contribution in [-0.4, -0.2) is 72.6 Å². The molecular formula is C31H40N2O5. The highest BCUT2D eigenvalue weighted by Gasteiger charge is 2.46. The summed E-state index contributed by atoms with van der Waals surface area (Å²) in [5, 5.41) is 11.5. The molecule has 0 bridgehead atoms. The number of ether oxygens (including phenoxy) is 2. The Bertz CT molecular complexity index is 1170. The van der Waals surface area contributed by atoms with Gasteiger partial charge in [-0.2, -0.15) is 0 Å². The van der Waals surface area contributed by atoms with Crippen LogP contribution < -0.4 is 4.74 Å². The van der Waals surface area contributed by atoms with E-state index >= 15 is 0 Å². The predicted octanol–water partition coefficient (Wildman–Crippen LogP) is 5.05. The van der Waals surface area contributed by atoms with Crippen LogP contribution in [0.2, 0.25) is 0 Å². The minimum absolute atomic E-state index is 0.142. The number of likely N-dealkylation sites (tertiary alicyclic amines) is 1. The van der Waals surface area contributed by atoms with Gasteiger partial charge in [-0.3, -0.25) is 14.5 Å². The molecule has 4 rings (SSSR count). The Morgan fingerprint density at radius 3 is 2.42 bits per heavy atom. The Labute approximate surface area is 226 Å². The van der Waals surface area contributed by atoms with Gasteiger partial charge in [0.25, 0.3) is 11.7 Å². The molecule has 0 saturated carbocycles. The fourth-order valence-corrected chi connectivity index (χ4v) is 5.17. The third-order valence-corrected chi connectivity index (χ3v) is 7.36. The molecule has 0 radical (unpaired) electrons. The van der Waals surface area contributed by atoms with E-state index in [4.69, 9.17) is 9.47 Å². The SMILES string of the molecule is CCCOc1ccc(C(O)=C2C(=O)C(=O)N(CCCN3CCOCC3)[C@H]2c2ccc(C(C)C)cc2)c(C)c1. The summed E-state index contributed by atoms with van der Waals surface area (Å²) in [6.07, 6.45) is 1.63. The Morgan fingerprint density at radius 1 is 1.08 bits per heavy atom. The molecule has 1 N–H and O–H groups in total. The normalized spacial score (nSPS) is 19.9. The smallest absolute Gasteiger partial charge is 0.295 e. The van der Waals surface area contributed by atoms with E-state index in [-0.39, 0.29) is 11.3 Å². The number of Topliss-reactive ketones (excluding diaryl/α,β-unsaturated/α-hetero) is 1. The summed E-state index contributed by atoms with van der Waals surface area (Å²) in [5.74, 6) is -0.272. The van der Waals surface area contributed by atoms with Gasteiger partial charge in [-0.25, -0.2) is 0 Å². The van der Waals surface area contributed by atoms with Gasteiger partial charge in [0.05, 0.1) is 31.4 Å². The maximum absolute atomic E-state index is 13.4. The first-order valence-electron chi connectivity index (χ1n) is 13.7. The molecule has 2 aromatic rings. The van der Waals surface area contributed by atoms with Gasteiger partial charge in [0.2, 0.25) is 0 Å². The van der Waals surface area contributed by atoms with Crippen molar-refractivity contribution in [2.45, 2.75) is 52.5 Å². The van der Waals surface area contributed by atoms with Crippen LogP contribution >= 0.6 is 0 Å². The summed E-state index contributed by atoms with van der Waals surface area (Å²) in [6.45, 7) is 13.2. The number of aryl methyl sites for hydroxylation is 1. The van der Waals surface area contributed by atoms with Crippen molar-refractivity contribution in [3.05, 3.63) is 70.3 Å². The number of nitrogens with zero attached hydrogens (tertiary/aromatic N) is 2. The molecule has 2 aliphatic rings. The standard InChI is InChI=1S/C31H40N2O5/c1-5-17-38-25-11-12-26(22(4)20-25)29(34)27-28(24-9-7-23(8-10-24)21(2)3)33(31(36)30(27)35)14-6-13-32-15-18-37-19-16-32/h7-12,20-21,28,34H,5-6,13-19H2,1-4H3/t28-/m0/s1. The molecule has 0 spiro atoms. The molecule has 1 amide bonds. The molecule has 0 aromatic heterocycles. The largest absolute Gasteiger partial charge is 0.507 e. The minimum atomic E-state index is -0.642. The predicted molar refractivity (Wildman–Crippen MR) is 148 cm³/mol. The fraction of sp³-hybridized carbons (Fsp3) is 0.484. The monoisotopic (exact) mass is 520 g/mol. The van der Waals surface area contributed by atoms with Gasteiger partial charge >= 0.3 is 0 Å². The van der Waals surface area contributed by atoms with E-state index in [0.29, 0.717) is 43.6 Å². The van der Waals surface area contributed by atoms with Crippen molar-refractivity contribution >= 4 is 17.4 Å². The maximum atomic E-state index is 13.4. The molecule has 7 heteroatoms. The second kappa shape index (κ2) is 12.6. The minimum Gasteiger partial charge on any atom is -0.507 e. The van der Waals surface area contributed by atoms with E-state index in [1.54, 1.807) is 17.0 Å². The number of carbonyl (C=O) groups is 2. The number of morpholine rings is 1. The quantitative estimate of drug-likeness (QED) is 0.268. The molecule has 2 aromatic carbocycles. The summed E-state index contributed by atoms with van der Waals surface area (Å²) in [6, 6.07) is 12.8. The molecule has 204 valence electrons. The van der Waals surface area contributed by atoms with Crippen molar-refractivity contribution in [1.29, 1.82) is 0 Å². The van der Waals surface area contributed by atoms with Crippen LogP contribution in [0.1, 0.15) is 67.8 Å². The Hall–Kier alpha value is -3.16. The van der Waals surface area contributed by atoms with Crippen LogP contribution in [0, 0.1) is 6.92 Å². The van der Waals surface area contributed by atoms with Crippen LogP contribution in [0.4, 0.5) is 0 Å². The number of aliphatic hydroxyl groups excluding tert-OH is 1. The molecular weight excluding hydrogens is 480 g/mol. The molecule has 7 nitrogen and oxygen atoms in total. The molecule has 2 saturated heterocycles. The summed E-state index contributed by atoms with van der Waals surface area (Å²) >= 11 is 0. The Kier molecular flexibility index (Phi) is 9.23. The van der Waals surface area contributed by atoms with Crippen molar-refractivity contribution in [1.82, 2.24) is 9.80 Å². The van der Waals surface area contributed by atoms with Crippen molar-refractivity contribution < 1.29 is 24.2 Å². The summed E-state index contributed by atoms with van der Waals surface area (Å²) in [7, 11) is 0. The molecule has 2 aliphatic heterocycles. The lowest BCUT2D eigenvalue weighted by molar-refractivity contribution is -0.140. The van der Waals surface area contributed by atoms with Gasteiger partial charge < -0.3 is 19.5 Å². The fourth-order valence-electron chi connectivity index (χ4n) is 5.17. The first kappa shape index (κ1) is 27.9. The highest BCUT2D eigenvalue weighted by atomic mass is 16.5. The van der Waals surface area contributed by atoms with Gasteiger partial charge in [-0.15, -0.1) is 0 Å². The first-order chi connectivity index (χ1) is 18.3. The van der Waals surface area contributed by atoms with E-state index in [2.05, 4.69) is 18.7 Å². The number of benzene rings is 2. The summed E-state index contributed by atoms with van der Waals surface area (Å²) < 4.78 is 11.2. The average Bonchev–Trinajstić information content (AvgIpc) is 3.17. The lowest BCUT2D eigenvalue weighted by Gasteiger charge is -2.29. The van der Waals surface area contributed by atoms with Crippen LogP contribution in [0.25, 0.3) is 5.76 Å². The molecule has 38 heavy (non-hydrogen) atoms. The van der Waals surface area contributed by atoms with Crippen LogP contribution in [0.3, 0.4) is 0 Å². The highest BCUT2D eigenvalue weighted by Crippen LogP contribution is 2.40. The van der Waals surface area contributed by atoms with Crippen molar-refractivity contribution in [3.8, 4) is 5.75 Å². The van der Waals surface area contributed by atoms with E-state index in [1.165, 1.54) is 5.56 Å². The number of hydrogen-bond acceptors (Lipinski definition) is 6. The zero-order valence-corrected chi connectivity index (χ0v) is 23.0. The molecule has 0 aliphatic carbocycles. The van der Waals surface area contributed by atoms with E-state index in [9.17, 15) is 14.7 Å². The van der Waals surface area contributed by atoms with E-state index in [1.807, 2.05) is 44.2 Å². The van der Waals surface area contributed by atoms with Gasteiger partial charge in [0, 0.05) is 31.7 Å². The number of rotatable bonds is 10. The number of ketones is 1. The summed E-state index contributed by atoms with van der Waals surface area (Å²) in [4.78, 5) is 30.7. The van der Waals surface area contributed by atoms with Crippen molar-refractivity contribution in [2.75, 3.05) is 46.0 Å². The molecule has 0 unspecified atom stereocenters. The Morgan fingerprint density at radius 2 is 1.79 bits per heavy atom. The lowest BCUT2D eigenvalue weighted by Crippen LogP contribution is -2.38. The number of hydrogen-bond donors (Lipinski definition) is 1. The average molecular weight is 521 g/mol. The van der Waals surface area contributed by atoms with Crippen LogP contribution in [0.15, 0.2) is 48.0 Å². The maximum Gasteiger partial charge on any atom is 0.295 e. The zero-order chi connectivity index (χ0) is 27.2. The third-order valence-electron chi connectivity index (χ3n) is 7.36. The highest BCUT2D eigenvalue weighted by molar-refractivity contribution is 6.46. The molecule has 2 heterocycles.